The van der Waals surface area contributed by atoms with Gasteiger partial charge in [0, 0.05) is 25.3 Å². The molecule has 0 radical (unpaired) electrons. The van der Waals surface area contributed by atoms with E-state index in [2.05, 4.69) is 20.6 Å². The Morgan fingerprint density at radius 2 is 1.97 bits per heavy atom. The quantitative estimate of drug-likeness (QED) is 0.626. The molecule has 0 spiro atoms. The first-order valence-electron chi connectivity index (χ1n) is 9.59. The number of rotatable bonds is 6. The van der Waals surface area contributed by atoms with Crippen molar-refractivity contribution in [3.63, 3.8) is 0 Å². The summed E-state index contributed by atoms with van der Waals surface area (Å²) in [7, 11) is 0. The van der Waals surface area contributed by atoms with Crippen LogP contribution in [0.25, 0.3) is 0 Å². The van der Waals surface area contributed by atoms with Crippen LogP contribution in [0.5, 0.6) is 0 Å². The van der Waals surface area contributed by atoms with E-state index in [0.29, 0.717) is 11.6 Å². The van der Waals surface area contributed by atoms with Crippen LogP contribution in [0, 0.1) is 0 Å². The first-order chi connectivity index (χ1) is 14.6. The van der Waals surface area contributed by atoms with Gasteiger partial charge in [0.25, 0.3) is 11.8 Å². The van der Waals surface area contributed by atoms with Gasteiger partial charge in [0.15, 0.2) is 11.5 Å². The summed E-state index contributed by atoms with van der Waals surface area (Å²) < 4.78 is 5.09. The average molecular weight is 426 g/mol. The minimum absolute atomic E-state index is 0.149. The van der Waals surface area contributed by atoms with Gasteiger partial charge in [0.05, 0.1) is 17.5 Å². The normalized spacial score (nSPS) is 13.3. The predicted molar refractivity (Wildman–Crippen MR) is 113 cm³/mol. The van der Waals surface area contributed by atoms with E-state index in [1.165, 1.54) is 12.5 Å². The zero-order valence-electron chi connectivity index (χ0n) is 16.1. The third kappa shape index (κ3) is 4.60. The zero-order valence-corrected chi connectivity index (χ0v) is 16.9. The van der Waals surface area contributed by atoms with Gasteiger partial charge < -0.3 is 20.0 Å². The van der Waals surface area contributed by atoms with Crippen LogP contribution in [0.1, 0.15) is 39.4 Å². The summed E-state index contributed by atoms with van der Waals surface area (Å²) in [5, 5.41) is 5.78. The molecule has 2 N–H and O–H groups in total. The number of furan rings is 1. The minimum Gasteiger partial charge on any atom is -0.459 e. The third-order valence-electron chi connectivity index (χ3n) is 4.72. The lowest BCUT2D eigenvalue weighted by atomic mass is 10.2. The number of benzene rings is 1. The molecular weight excluding hydrogens is 406 g/mol. The minimum atomic E-state index is -0.382. The highest BCUT2D eigenvalue weighted by molar-refractivity contribution is 6.33. The van der Waals surface area contributed by atoms with Gasteiger partial charge in [-0.1, -0.05) is 23.7 Å². The molecule has 2 amide bonds. The van der Waals surface area contributed by atoms with Crippen LogP contribution in [0.15, 0.2) is 53.3 Å². The number of nitrogens with zero attached hydrogens (tertiary/aromatic N) is 3. The van der Waals surface area contributed by atoms with E-state index < -0.39 is 0 Å². The van der Waals surface area contributed by atoms with E-state index in [0.717, 1.165) is 31.5 Å². The van der Waals surface area contributed by atoms with Gasteiger partial charge in [-0.25, -0.2) is 9.97 Å². The smallest absolute Gasteiger partial charge is 0.291 e. The number of amides is 2. The van der Waals surface area contributed by atoms with Gasteiger partial charge in [-0.05, 0) is 42.7 Å². The van der Waals surface area contributed by atoms with E-state index in [-0.39, 0.29) is 34.8 Å². The van der Waals surface area contributed by atoms with Gasteiger partial charge in [0.2, 0.25) is 5.95 Å². The molecule has 8 nitrogen and oxygen atoms in total. The molecule has 1 aliphatic rings. The number of aromatic nitrogens is 2. The van der Waals surface area contributed by atoms with E-state index in [9.17, 15) is 9.59 Å². The topological polar surface area (TPSA) is 100 Å². The first-order valence-corrected chi connectivity index (χ1v) is 9.97. The van der Waals surface area contributed by atoms with Crippen molar-refractivity contribution in [1.82, 2.24) is 15.3 Å². The van der Waals surface area contributed by atoms with E-state index >= 15 is 0 Å². The van der Waals surface area contributed by atoms with Crippen LogP contribution in [0.3, 0.4) is 0 Å². The van der Waals surface area contributed by atoms with Crippen molar-refractivity contribution in [2.75, 3.05) is 23.3 Å². The third-order valence-corrected chi connectivity index (χ3v) is 4.99. The standard InChI is InChI=1S/C21H20ClN5O3/c22-16-13-24-21(27-8-1-2-9-27)26-18(16)20(29)23-12-14-5-3-6-15(11-14)25-19(28)17-7-4-10-30-17/h3-7,10-11,13H,1-2,8-9,12H2,(H,23,29)(H,25,28). The van der Waals surface area contributed by atoms with Crippen LogP contribution in [0.4, 0.5) is 11.6 Å². The van der Waals surface area contributed by atoms with Crippen molar-refractivity contribution < 1.29 is 14.0 Å². The summed E-state index contributed by atoms with van der Waals surface area (Å²) in [6.07, 6.45) is 5.07. The van der Waals surface area contributed by atoms with Crippen molar-refractivity contribution in [3.05, 3.63) is 70.9 Å². The van der Waals surface area contributed by atoms with Crippen molar-refractivity contribution in [2.45, 2.75) is 19.4 Å². The lowest BCUT2D eigenvalue weighted by Crippen LogP contribution is -2.27. The Hall–Kier alpha value is -3.39. The van der Waals surface area contributed by atoms with Crippen molar-refractivity contribution in [1.29, 1.82) is 0 Å². The summed E-state index contributed by atoms with van der Waals surface area (Å²) in [5.74, 6) is 0.0156. The summed E-state index contributed by atoms with van der Waals surface area (Å²) in [4.78, 5) is 35.4. The van der Waals surface area contributed by atoms with E-state index in [1.807, 2.05) is 11.0 Å². The molecular formula is C21H20ClN5O3. The zero-order chi connectivity index (χ0) is 20.9. The summed E-state index contributed by atoms with van der Waals surface area (Å²) in [6.45, 7) is 2.00. The highest BCUT2D eigenvalue weighted by Gasteiger charge is 2.19. The molecule has 2 aromatic heterocycles. The molecule has 3 aromatic rings. The monoisotopic (exact) mass is 425 g/mol. The number of nitrogens with one attached hydrogen (secondary N) is 2. The Morgan fingerprint density at radius 3 is 2.73 bits per heavy atom. The molecule has 0 unspecified atom stereocenters. The molecule has 0 atom stereocenters. The van der Waals surface area contributed by atoms with Gasteiger partial charge in [-0.3, -0.25) is 9.59 Å². The molecule has 3 heterocycles. The van der Waals surface area contributed by atoms with Crippen molar-refractivity contribution in [3.8, 4) is 0 Å². The van der Waals surface area contributed by atoms with E-state index in [1.54, 1.807) is 30.3 Å². The molecule has 154 valence electrons. The number of anilines is 2. The maximum Gasteiger partial charge on any atom is 0.291 e. The van der Waals surface area contributed by atoms with Gasteiger partial charge >= 0.3 is 0 Å². The van der Waals surface area contributed by atoms with Crippen molar-refractivity contribution >= 4 is 35.1 Å². The molecule has 0 aliphatic carbocycles. The van der Waals surface area contributed by atoms with Gasteiger partial charge in [-0.15, -0.1) is 0 Å². The Balaban J connectivity index is 1.40. The summed E-state index contributed by atoms with van der Waals surface area (Å²) in [6, 6.07) is 10.4. The second kappa shape index (κ2) is 8.96. The molecule has 4 rings (SSSR count). The Bertz CT molecular complexity index is 1050. The number of halogens is 1. The van der Waals surface area contributed by atoms with Gasteiger partial charge in [0.1, 0.15) is 0 Å². The van der Waals surface area contributed by atoms with E-state index in [4.69, 9.17) is 16.0 Å². The number of carbonyl (C=O) groups excluding carboxylic acids is 2. The molecule has 0 bridgehead atoms. The molecule has 0 saturated carbocycles. The fraction of sp³-hybridized carbons (Fsp3) is 0.238. The molecule has 1 fully saturated rings. The molecule has 1 saturated heterocycles. The highest BCUT2D eigenvalue weighted by Crippen LogP contribution is 2.20. The Labute approximate surface area is 178 Å². The van der Waals surface area contributed by atoms with Crippen LogP contribution in [0.2, 0.25) is 5.02 Å². The van der Waals surface area contributed by atoms with Crippen LogP contribution < -0.4 is 15.5 Å². The second-order valence-corrected chi connectivity index (χ2v) is 7.28. The fourth-order valence-corrected chi connectivity index (χ4v) is 3.39. The van der Waals surface area contributed by atoms with Crippen LogP contribution in [-0.2, 0) is 6.54 Å². The molecule has 30 heavy (non-hydrogen) atoms. The largest absolute Gasteiger partial charge is 0.459 e. The molecule has 9 heteroatoms. The van der Waals surface area contributed by atoms with Gasteiger partial charge in [-0.2, -0.15) is 0 Å². The van der Waals surface area contributed by atoms with Crippen molar-refractivity contribution in [2.24, 2.45) is 0 Å². The van der Waals surface area contributed by atoms with Crippen LogP contribution in [-0.4, -0.2) is 34.9 Å². The Kier molecular flexibility index (Phi) is 5.94. The Morgan fingerprint density at radius 1 is 1.13 bits per heavy atom. The number of hydrogen-bond donors (Lipinski definition) is 2. The molecule has 1 aliphatic heterocycles. The lowest BCUT2D eigenvalue weighted by Gasteiger charge is -2.16. The lowest BCUT2D eigenvalue weighted by molar-refractivity contribution is 0.0944. The number of carbonyl (C=O) groups is 2. The predicted octanol–water partition coefficient (Wildman–Crippen LogP) is 3.51. The summed E-state index contributed by atoms with van der Waals surface area (Å²) >= 11 is 6.15. The first kappa shape index (κ1) is 19.9. The summed E-state index contributed by atoms with van der Waals surface area (Å²) in [5.41, 5.74) is 1.56. The second-order valence-electron chi connectivity index (χ2n) is 6.88. The number of hydrogen-bond acceptors (Lipinski definition) is 6. The fourth-order valence-electron chi connectivity index (χ4n) is 3.21. The average Bonchev–Trinajstić information content (AvgIpc) is 3.47. The van der Waals surface area contributed by atoms with Crippen LogP contribution >= 0.6 is 11.6 Å². The maximum atomic E-state index is 12.6. The maximum absolute atomic E-state index is 12.6. The molecule has 1 aromatic carbocycles. The highest BCUT2D eigenvalue weighted by atomic mass is 35.5. The SMILES string of the molecule is O=C(Nc1cccc(CNC(=O)c2nc(N3CCCC3)ncc2Cl)c1)c1ccco1.